The number of nitrogens with zero attached hydrogens (tertiary/aromatic N) is 4. The van der Waals surface area contributed by atoms with Crippen LogP contribution in [0, 0.1) is 13.8 Å². The molecule has 0 aliphatic carbocycles. The Kier molecular flexibility index (Phi) is 5.94. The standard InChI is InChI=1S/C22H17ClF3N5O2/c1-12-16(13(2)31-21(27-12)29-20(30-31)22(24,25)26)11-19(32)28-14-7-9-15(10-8-14)33-18-6-4-3-5-17(18)23/h3-10H,11H2,1-2H3,(H,28,32). The summed E-state index contributed by atoms with van der Waals surface area (Å²) in [5, 5.41) is 6.71. The van der Waals surface area contributed by atoms with E-state index in [2.05, 4.69) is 20.4 Å². The minimum Gasteiger partial charge on any atom is -0.456 e. The first kappa shape index (κ1) is 22.5. The van der Waals surface area contributed by atoms with Gasteiger partial charge in [-0.2, -0.15) is 18.2 Å². The molecule has 0 atom stereocenters. The summed E-state index contributed by atoms with van der Waals surface area (Å²) in [6.07, 6.45) is -4.78. The van der Waals surface area contributed by atoms with E-state index in [-0.39, 0.29) is 18.1 Å². The Bertz CT molecular complexity index is 1340. The van der Waals surface area contributed by atoms with Gasteiger partial charge in [0.15, 0.2) is 0 Å². The van der Waals surface area contributed by atoms with Crippen molar-refractivity contribution in [1.82, 2.24) is 19.6 Å². The first-order valence-electron chi connectivity index (χ1n) is 9.74. The summed E-state index contributed by atoms with van der Waals surface area (Å²) in [6.45, 7) is 3.18. The lowest BCUT2D eigenvalue weighted by molar-refractivity contribution is -0.144. The molecule has 170 valence electrons. The van der Waals surface area contributed by atoms with Crippen LogP contribution in [0.25, 0.3) is 5.78 Å². The van der Waals surface area contributed by atoms with Crippen molar-refractivity contribution < 1.29 is 22.7 Å². The Hall–Kier alpha value is -3.66. The second-order valence-electron chi connectivity index (χ2n) is 7.19. The van der Waals surface area contributed by atoms with Crippen LogP contribution in [0.15, 0.2) is 48.5 Å². The lowest BCUT2D eigenvalue weighted by atomic mass is 10.1. The second-order valence-corrected chi connectivity index (χ2v) is 7.60. The maximum atomic E-state index is 12.9. The monoisotopic (exact) mass is 475 g/mol. The summed E-state index contributed by atoms with van der Waals surface area (Å²) in [5.74, 6) is -0.771. The molecule has 0 saturated heterocycles. The number of nitrogens with one attached hydrogen (secondary N) is 1. The molecule has 11 heteroatoms. The molecule has 0 aliphatic rings. The average Bonchev–Trinajstić information content (AvgIpc) is 3.19. The number of anilines is 1. The van der Waals surface area contributed by atoms with Crippen molar-refractivity contribution in [3.05, 3.63) is 76.3 Å². The molecule has 2 aromatic heterocycles. The minimum atomic E-state index is -4.69. The third-order valence-electron chi connectivity index (χ3n) is 4.84. The Morgan fingerprint density at radius 3 is 2.45 bits per heavy atom. The number of carbonyl (C=O) groups is 1. The number of aromatic nitrogens is 4. The molecule has 1 amide bonds. The number of amides is 1. The van der Waals surface area contributed by atoms with Crippen molar-refractivity contribution in [2.45, 2.75) is 26.4 Å². The van der Waals surface area contributed by atoms with E-state index < -0.39 is 12.0 Å². The average molecular weight is 476 g/mol. The molecule has 2 heterocycles. The van der Waals surface area contributed by atoms with Crippen LogP contribution in [0.3, 0.4) is 0 Å². The highest BCUT2D eigenvalue weighted by Crippen LogP contribution is 2.30. The lowest BCUT2D eigenvalue weighted by Crippen LogP contribution is -2.17. The van der Waals surface area contributed by atoms with Gasteiger partial charge in [-0.1, -0.05) is 23.7 Å². The van der Waals surface area contributed by atoms with E-state index in [9.17, 15) is 18.0 Å². The van der Waals surface area contributed by atoms with Gasteiger partial charge in [0.2, 0.25) is 5.91 Å². The number of alkyl halides is 3. The van der Waals surface area contributed by atoms with Crippen LogP contribution in [0.5, 0.6) is 11.5 Å². The predicted octanol–water partition coefficient (Wildman–Crippen LogP) is 5.39. The summed E-state index contributed by atoms with van der Waals surface area (Å²) in [7, 11) is 0. The molecular weight excluding hydrogens is 459 g/mol. The topological polar surface area (TPSA) is 81.4 Å². The molecule has 0 fully saturated rings. The van der Waals surface area contributed by atoms with Crippen molar-refractivity contribution >= 4 is 29.0 Å². The van der Waals surface area contributed by atoms with Gasteiger partial charge in [-0.25, -0.2) is 9.50 Å². The van der Waals surface area contributed by atoms with Crippen molar-refractivity contribution in [2.24, 2.45) is 0 Å². The van der Waals surface area contributed by atoms with E-state index in [0.29, 0.717) is 39.2 Å². The molecule has 1 N–H and O–H groups in total. The first-order chi connectivity index (χ1) is 15.6. The summed E-state index contributed by atoms with van der Waals surface area (Å²) < 4.78 is 45.5. The fourth-order valence-electron chi connectivity index (χ4n) is 3.21. The quantitative estimate of drug-likeness (QED) is 0.418. The largest absolute Gasteiger partial charge is 0.456 e. The van der Waals surface area contributed by atoms with Crippen LogP contribution in [-0.2, 0) is 17.4 Å². The van der Waals surface area contributed by atoms with Gasteiger partial charge in [-0.15, -0.1) is 5.10 Å². The normalized spacial score (nSPS) is 11.6. The highest BCUT2D eigenvalue weighted by atomic mass is 35.5. The van der Waals surface area contributed by atoms with Crippen LogP contribution in [0.2, 0.25) is 5.02 Å². The van der Waals surface area contributed by atoms with Crippen molar-refractivity contribution in [1.29, 1.82) is 0 Å². The van der Waals surface area contributed by atoms with Crippen LogP contribution in [-0.4, -0.2) is 25.5 Å². The van der Waals surface area contributed by atoms with Crippen molar-refractivity contribution in [3.63, 3.8) is 0 Å². The van der Waals surface area contributed by atoms with Crippen molar-refractivity contribution in [2.75, 3.05) is 5.32 Å². The Morgan fingerprint density at radius 1 is 1.09 bits per heavy atom. The number of para-hydroxylation sites is 1. The predicted molar refractivity (Wildman–Crippen MR) is 116 cm³/mol. The molecule has 0 radical (unpaired) electrons. The van der Waals surface area contributed by atoms with E-state index >= 15 is 0 Å². The Balaban J connectivity index is 1.48. The van der Waals surface area contributed by atoms with E-state index in [1.165, 1.54) is 0 Å². The van der Waals surface area contributed by atoms with Gasteiger partial charge in [-0.05, 0) is 50.2 Å². The van der Waals surface area contributed by atoms with E-state index in [0.717, 1.165) is 4.52 Å². The molecule has 0 unspecified atom stereocenters. The second kappa shape index (κ2) is 8.70. The molecule has 4 aromatic rings. The zero-order valence-electron chi connectivity index (χ0n) is 17.4. The number of rotatable bonds is 5. The van der Waals surface area contributed by atoms with Gasteiger partial charge in [0.05, 0.1) is 11.4 Å². The first-order valence-corrected chi connectivity index (χ1v) is 10.1. The summed E-state index contributed by atoms with van der Waals surface area (Å²) >= 11 is 6.08. The van der Waals surface area contributed by atoms with Gasteiger partial charge in [-0.3, -0.25) is 4.79 Å². The van der Waals surface area contributed by atoms with Crippen LogP contribution in [0.1, 0.15) is 22.8 Å². The van der Waals surface area contributed by atoms with Crippen LogP contribution in [0.4, 0.5) is 18.9 Å². The number of benzene rings is 2. The maximum Gasteiger partial charge on any atom is 0.453 e. The molecular formula is C22H17ClF3N5O2. The number of aryl methyl sites for hydroxylation is 2. The van der Waals surface area contributed by atoms with Crippen LogP contribution < -0.4 is 10.1 Å². The summed E-state index contributed by atoms with van der Waals surface area (Å²) in [6, 6.07) is 13.7. The lowest BCUT2D eigenvalue weighted by Gasteiger charge is -2.11. The SMILES string of the molecule is Cc1nc2nc(C(F)(F)F)nn2c(C)c1CC(=O)Nc1ccc(Oc2ccccc2Cl)cc1. The van der Waals surface area contributed by atoms with Gasteiger partial charge in [0, 0.05) is 22.6 Å². The molecule has 33 heavy (non-hydrogen) atoms. The third-order valence-corrected chi connectivity index (χ3v) is 5.15. The highest BCUT2D eigenvalue weighted by Gasteiger charge is 2.37. The zero-order chi connectivity index (χ0) is 23.8. The number of hydrogen-bond acceptors (Lipinski definition) is 5. The number of carbonyl (C=O) groups excluding carboxylic acids is 1. The molecule has 0 aliphatic heterocycles. The zero-order valence-corrected chi connectivity index (χ0v) is 18.2. The number of halogens is 4. The van der Waals surface area contributed by atoms with E-state index in [1.807, 2.05) is 0 Å². The van der Waals surface area contributed by atoms with Crippen LogP contribution >= 0.6 is 11.6 Å². The smallest absolute Gasteiger partial charge is 0.453 e. The fourth-order valence-corrected chi connectivity index (χ4v) is 3.39. The molecule has 7 nitrogen and oxygen atoms in total. The Labute approximate surface area is 191 Å². The number of ether oxygens (including phenoxy) is 1. The van der Waals surface area contributed by atoms with E-state index in [4.69, 9.17) is 16.3 Å². The highest BCUT2D eigenvalue weighted by molar-refractivity contribution is 6.32. The van der Waals surface area contributed by atoms with Gasteiger partial charge in [0.25, 0.3) is 11.6 Å². The molecule has 2 aromatic carbocycles. The molecule has 0 saturated carbocycles. The summed E-state index contributed by atoms with van der Waals surface area (Å²) in [4.78, 5) is 20.1. The fraction of sp³-hybridized carbons (Fsp3) is 0.182. The maximum absolute atomic E-state index is 12.9. The molecule has 0 bridgehead atoms. The third kappa shape index (κ3) is 4.90. The minimum absolute atomic E-state index is 0.0975. The summed E-state index contributed by atoms with van der Waals surface area (Å²) in [5.41, 5.74) is 1.76. The van der Waals surface area contributed by atoms with Gasteiger partial charge < -0.3 is 10.1 Å². The van der Waals surface area contributed by atoms with Gasteiger partial charge in [0.1, 0.15) is 11.5 Å². The Morgan fingerprint density at radius 2 is 1.79 bits per heavy atom. The number of fused-ring (bicyclic) bond motifs is 1. The number of hydrogen-bond donors (Lipinski definition) is 1. The molecule has 4 rings (SSSR count). The molecule has 0 spiro atoms. The van der Waals surface area contributed by atoms with Gasteiger partial charge >= 0.3 is 6.18 Å². The van der Waals surface area contributed by atoms with Crippen molar-refractivity contribution in [3.8, 4) is 11.5 Å². The van der Waals surface area contributed by atoms with E-state index in [1.54, 1.807) is 62.4 Å².